The zero-order valence-electron chi connectivity index (χ0n) is 11.7. The average Bonchev–Trinajstić information content (AvgIpc) is 2.95. The largest absolute Gasteiger partial charge is 0.324 e. The molecule has 2 unspecified atom stereocenters. The number of halogens is 2. The normalized spacial score (nSPS) is 24.4. The third-order valence-corrected chi connectivity index (χ3v) is 5.92. The predicted octanol–water partition coefficient (Wildman–Crippen LogP) is 5.28. The molecule has 0 radical (unpaired) electrons. The van der Waals surface area contributed by atoms with E-state index in [9.17, 15) is 0 Å². The molecule has 0 saturated carbocycles. The first-order valence-electron chi connectivity index (χ1n) is 6.93. The van der Waals surface area contributed by atoms with Crippen molar-refractivity contribution in [2.45, 2.75) is 43.4 Å². The van der Waals surface area contributed by atoms with Crippen LogP contribution in [0.2, 0.25) is 5.02 Å². The minimum Gasteiger partial charge on any atom is -0.324 e. The van der Waals surface area contributed by atoms with Crippen molar-refractivity contribution in [3.63, 3.8) is 0 Å². The summed E-state index contributed by atoms with van der Waals surface area (Å²) in [6.07, 6.45) is 2.52. The van der Waals surface area contributed by atoms with Crippen LogP contribution in [0, 0.1) is 0 Å². The van der Waals surface area contributed by atoms with E-state index >= 15 is 0 Å². The van der Waals surface area contributed by atoms with Gasteiger partial charge in [0.05, 0.1) is 21.4 Å². The molecule has 1 aromatic carbocycles. The van der Waals surface area contributed by atoms with Gasteiger partial charge < -0.3 is 4.57 Å². The van der Waals surface area contributed by atoms with Crippen LogP contribution in [0.1, 0.15) is 37.9 Å². The Balaban J connectivity index is 2.13. The third kappa shape index (κ3) is 2.56. The molecule has 2 atom stereocenters. The molecule has 0 N–H and O–H groups in total. The first kappa shape index (κ1) is 14.6. The highest BCUT2D eigenvalue weighted by Crippen LogP contribution is 2.41. The van der Waals surface area contributed by atoms with Crippen LogP contribution in [0.15, 0.2) is 18.2 Å². The molecule has 1 fully saturated rings. The number of para-hydroxylation sites is 1. The van der Waals surface area contributed by atoms with Gasteiger partial charge in [-0.05, 0) is 44.6 Å². The molecule has 0 bridgehead atoms. The standard InChI is InChI=1S/C15H18Cl2N2S/c1-10(16)14-18-12-6-3-5-11(17)13(12)19(14)9-15(2)7-4-8-20-15/h3,5-6,10H,4,7-9H2,1-2H3. The van der Waals surface area contributed by atoms with E-state index in [0.29, 0.717) is 0 Å². The van der Waals surface area contributed by atoms with Gasteiger partial charge in [-0.1, -0.05) is 17.7 Å². The Kier molecular flexibility index (Phi) is 3.95. The van der Waals surface area contributed by atoms with Crippen LogP contribution in [-0.4, -0.2) is 20.1 Å². The quantitative estimate of drug-likeness (QED) is 0.714. The monoisotopic (exact) mass is 328 g/mol. The van der Waals surface area contributed by atoms with Gasteiger partial charge >= 0.3 is 0 Å². The van der Waals surface area contributed by atoms with Crippen molar-refractivity contribution >= 4 is 46.0 Å². The second-order valence-electron chi connectivity index (χ2n) is 5.68. The number of nitrogens with zero attached hydrogens (tertiary/aromatic N) is 2. The Morgan fingerprint density at radius 2 is 2.30 bits per heavy atom. The number of imidazole rings is 1. The summed E-state index contributed by atoms with van der Waals surface area (Å²) in [4.78, 5) is 4.68. The SMILES string of the molecule is CC(Cl)c1nc2cccc(Cl)c2n1CC1(C)CCCS1. The van der Waals surface area contributed by atoms with E-state index in [4.69, 9.17) is 23.2 Å². The molecule has 2 nitrogen and oxygen atoms in total. The molecule has 0 spiro atoms. The van der Waals surface area contributed by atoms with E-state index in [1.165, 1.54) is 18.6 Å². The molecule has 0 aliphatic carbocycles. The Hall–Kier alpha value is -0.380. The van der Waals surface area contributed by atoms with Crippen molar-refractivity contribution in [2.24, 2.45) is 0 Å². The van der Waals surface area contributed by atoms with E-state index in [2.05, 4.69) is 16.5 Å². The molecule has 5 heteroatoms. The van der Waals surface area contributed by atoms with Gasteiger partial charge in [0, 0.05) is 11.3 Å². The van der Waals surface area contributed by atoms with Crippen LogP contribution in [-0.2, 0) is 6.54 Å². The highest BCUT2D eigenvalue weighted by Gasteiger charge is 2.32. The smallest absolute Gasteiger partial charge is 0.127 e. The third-order valence-electron chi connectivity index (χ3n) is 3.90. The van der Waals surface area contributed by atoms with Gasteiger partial charge in [-0.15, -0.1) is 11.6 Å². The van der Waals surface area contributed by atoms with Crippen molar-refractivity contribution in [1.82, 2.24) is 9.55 Å². The number of fused-ring (bicyclic) bond motifs is 1. The molecule has 1 saturated heterocycles. The van der Waals surface area contributed by atoms with Crippen molar-refractivity contribution < 1.29 is 0 Å². The summed E-state index contributed by atoms with van der Waals surface area (Å²) in [5.41, 5.74) is 1.96. The number of alkyl halides is 1. The molecule has 2 heterocycles. The van der Waals surface area contributed by atoms with Gasteiger partial charge in [-0.25, -0.2) is 4.98 Å². The molecule has 1 aliphatic heterocycles. The minimum absolute atomic E-state index is 0.117. The lowest BCUT2D eigenvalue weighted by Gasteiger charge is -2.25. The van der Waals surface area contributed by atoms with Gasteiger partial charge in [0.25, 0.3) is 0 Å². The minimum atomic E-state index is -0.117. The number of thioether (sulfide) groups is 1. The summed E-state index contributed by atoms with van der Waals surface area (Å²) >= 11 is 14.8. The zero-order chi connectivity index (χ0) is 14.3. The van der Waals surface area contributed by atoms with Crippen LogP contribution in [0.25, 0.3) is 11.0 Å². The van der Waals surface area contributed by atoms with Gasteiger partial charge in [0.2, 0.25) is 0 Å². The summed E-state index contributed by atoms with van der Waals surface area (Å²) in [6.45, 7) is 5.22. The first-order valence-corrected chi connectivity index (χ1v) is 8.73. The second-order valence-corrected chi connectivity index (χ2v) is 8.43. The second kappa shape index (κ2) is 5.43. The Morgan fingerprint density at radius 1 is 1.50 bits per heavy atom. The number of rotatable bonds is 3. The maximum absolute atomic E-state index is 6.40. The van der Waals surface area contributed by atoms with Crippen LogP contribution in [0.4, 0.5) is 0 Å². The molecule has 1 aliphatic rings. The molecule has 0 amide bonds. The van der Waals surface area contributed by atoms with Crippen molar-refractivity contribution in [3.8, 4) is 0 Å². The topological polar surface area (TPSA) is 17.8 Å². The van der Waals surface area contributed by atoms with Crippen LogP contribution in [0.3, 0.4) is 0 Å². The number of benzene rings is 1. The molecule has 108 valence electrons. The number of hydrogen-bond donors (Lipinski definition) is 0. The van der Waals surface area contributed by atoms with E-state index < -0.39 is 0 Å². The Labute approximate surface area is 133 Å². The lowest BCUT2D eigenvalue weighted by atomic mass is 10.1. The van der Waals surface area contributed by atoms with E-state index in [1.807, 2.05) is 36.9 Å². The average molecular weight is 329 g/mol. The highest BCUT2D eigenvalue weighted by atomic mass is 35.5. The van der Waals surface area contributed by atoms with Gasteiger partial charge in [0.1, 0.15) is 5.82 Å². The lowest BCUT2D eigenvalue weighted by Crippen LogP contribution is -2.25. The summed E-state index contributed by atoms with van der Waals surface area (Å²) in [5, 5.41) is 0.638. The Bertz CT molecular complexity index is 630. The fourth-order valence-electron chi connectivity index (χ4n) is 2.92. The maximum Gasteiger partial charge on any atom is 0.127 e. The molecule has 20 heavy (non-hydrogen) atoms. The molecule has 2 aromatic rings. The maximum atomic E-state index is 6.40. The Morgan fingerprint density at radius 3 is 2.95 bits per heavy atom. The predicted molar refractivity (Wildman–Crippen MR) is 89.1 cm³/mol. The van der Waals surface area contributed by atoms with E-state index in [-0.39, 0.29) is 10.1 Å². The van der Waals surface area contributed by atoms with Crippen molar-refractivity contribution in [2.75, 3.05) is 5.75 Å². The highest BCUT2D eigenvalue weighted by molar-refractivity contribution is 8.00. The van der Waals surface area contributed by atoms with Gasteiger partial charge in [0.15, 0.2) is 0 Å². The van der Waals surface area contributed by atoms with Crippen molar-refractivity contribution in [3.05, 3.63) is 29.0 Å². The fraction of sp³-hybridized carbons (Fsp3) is 0.533. The van der Waals surface area contributed by atoms with Gasteiger partial charge in [-0.2, -0.15) is 11.8 Å². The van der Waals surface area contributed by atoms with Crippen LogP contribution in [0.5, 0.6) is 0 Å². The molecule has 1 aromatic heterocycles. The van der Waals surface area contributed by atoms with Crippen LogP contribution < -0.4 is 0 Å². The summed E-state index contributed by atoms with van der Waals surface area (Å²) in [7, 11) is 0. The summed E-state index contributed by atoms with van der Waals surface area (Å²) in [6, 6.07) is 5.87. The molecular weight excluding hydrogens is 311 g/mol. The molecule has 3 rings (SSSR count). The number of hydrogen-bond acceptors (Lipinski definition) is 2. The molecular formula is C15H18Cl2N2S. The lowest BCUT2D eigenvalue weighted by molar-refractivity contribution is 0.506. The van der Waals surface area contributed by atoms with Gasteiger partial charge in [-0.3, -0.25) is 0 Å². The zero-order valence-corrected chi connectivity index (χ0v) is 14.0. The van der Waals surface area contributed by atoms with Crippen LogP contribution >= 0.6 is 35.0 Å². The number of aromatic nitrogens is 2. The summed E-state index contributed by atoms with van der Waals surface area (Å²) in [5.74, 6) is 2.16. The summed E-state index contributed by atoms with van der Waals surface area (Å²) < 4.78 is 2.49. The fourth-order valence-corrected chi connectivity index (χ4v) is 4.65. The van der Waals surface area contributed by atoms with E-state index in [1.54, 1.807) is 0 Å². The van der Waals surface area contributed by atoms with Crippen molar-refractivity contribution in [1.29, 1.82) is 0 Å². The van der Waals surface area contributed by atoms with E-state index in [0.717, 1.165) is 28.4 Å². The first-order chi connectivity index (χ1) is 9.50.